The van der Waals surface area contributed by atoms with Gasteiger partial charge in [0.2, 0.25) is 0 Å². The molecule has 0 unspecified atom stereocenters. The van der Waals surface area contributed by atoms with Crippen LogP contribution in [0.4, 0.5) is 19.0 Å². The van der Waals surface area contributed by atoms with Crippen molar-refractivity contribution in [3.63, 3.8) is 0 Å². The van der Waals surface area contributed by atoms with Crippen molar-refractivity contribution in [1.29, 1.82) is 0 Å². The molecule has 32 heavy (non-hydrogen) atoms. The molecule has 6 nitrogen and oxygen atoms in total. The number of pyridine rings is 1. The number of aromatic nitrogens is 1. The summed E-state index contributed by atoms with van der Waals surface area (Å²) >= 11 is 0. The van der Waals surface area contributed by atoms with Crippen molar-refractivity contribution in [3.05, 3.63) is 77.9 Å². The average Bonchev–Trinajstić information content (AvgIpc) is 3.13. The maximum absolute atomic E-state index is 12.9. The monoisotopic (exact) mass is 445 g/mol. The van der Waals surface area contributed by atoms with E-state index in [-0.39, 0.29) is 18.3 Å². The molecule has 0 saturated carbocycles. The molecule has 1 fully saturated rings. The van der Waals surface area contributed by atoms with Crippen molar-refractivity contribution in [2.75, 3.05) is 31.1 Å². The first kappa shape index (κ1) is 21.7. The molecule has 0 N–H and O–H groups in total. The van der Waals surface area contributed by atoms with Gasteiger partial charge in [-0.1, -0.05) is 18.2 Å². The zero-order valence-corrected chi connectivity index (χ0v) is 17.2. The molecule has 1 aliphatic heterocycles. The zero-order valence-electron chi connectivity index (χ0n) is 17.2. The van der Waals surface area contributed by atoms with Crippen LogP contribution in [0.25, 0.3) is 0 Å². The largest absolute Gasteiger partial charge is 0.486 e. The van der Waals surface area contributed by atoms with Gasteiger partial charge in [-0.3, -0.25) is 4.79 Å². The number of benzene rings is 1. The standard InChI is InChI=1S/C23H22F3N3O3/c24-23(25,26)17-7-10-21(27-15-17)28-11-4-12-29(14-13-28)22(30)20-9-8-19(32-20)16-31-18-5-2-1-3-6-18/h1-3,5-10,15H,4,11-14,16H2. The van der Waals surface area contributed by atoms with Crippen LogP contribution < -0.4 is 9.64 Å². The minimum Gasteiger partial charge on any atom is -0.486 e. The molecule has 0 aliphatic carbocycles. The Balaban J connectivity index is 1.34. The minimum atomic E-state index is -4.42. The first-order valence-electron chi connectivity index (χ1n) is 10.2. The number of hydrogen-bond donors (Lipinski definition) is 0. The van der Waals surface area contributed by atoms with Gasteiger partial charge in [-0.15, -0.1) is 0 Å². The number of furan rings is 1. The van der Waals surface area contributed by atoms with E-state index in [1.54, 1.807) is 17.0 Å². The smallest absolute Gasteiger partial charge is 0.417 e. The topological polar surface area (TPSA) is 58.8 Å². The van der Waals surface area contributed by atoms with Crippen molar-refractivity contribution in [3.8, 4) is 5.75 Å². The molecule has 2 aromatic heterocycles. The van der Waals surface area contributed by atoms with Gasteiger partial charge in [-0.25, -0.2) is 4.98 Å². The number of anilines is 1. The van der Waals surface area contributed by atoms with E-state index in [4.69, 9.17) is 9.15 Å². The molecule has 3 heterocycles. The molecule has 1 saturated heterocycles. The first-order valence-corrected chi connectivity index (χ1v) is 10.2. The minimum absolute atomic E-state index is 0.213. The summed E-state index contributed by atoms with van der Waals surface area (Å²) in [5.74, 6) is 1.73. The normalized spacial score (nSPS) is 14.8. The molecule has 0 spiro atoms. The number of carbonyl (C=O) groups is 1. The number of amides is 1. The summed E-state index contributed by atoms with van der Waals surface area (Å²) < 4.78 is 49.6. The van der Waals surface area contributed by atoms with Crippen LogP contribution in [0, 0.1) is 0 Å². The van der Waals surface area contributed by atoms with Crippen LogP contribution in [0.3, 0.4) is 0 Å². The van der Waals surface area contributed by atoms with E-state index in [9.17, 15) is 18.0 Å². The highest BCUT2D eigenvalue weighted by atomic mass is 19.4. The second kappa shape index (κ2) is 9.33. The molecule has 0 radical (unpaired) electrons. The van der Waals surface area contributed by atoms with Crippen LogP contribution in [0.5, 0.6) is 5.75 Å². The van der Waals surface area contributed by atoms with Crippen LogP contribution in [0.1, 0.15) is 28.3 Å². The molecular formula is C23H22F3N3O3. The van der Waals surface area contributed by atoms with E-state index in [0.717, 1.165) is 12.3 Å². The van der Waals surface area contributed by atoms with Gasteiger partial charge >= 0.3 is 6.18 Å². The van der Waals surface area contributed by atoms with Gasteiger partial charge in [0.1, 0.15) is 23.9 Å². The third-order valence-corrected chi connectivity index (χ3v) is 5.18. The van der Waals surface area contributed by atoms with Crippen molar-refractivity contribution in [1.82, 2.24) is 9.88 Å². The van der Waals surface area contributed by atoms with Gasteiger partial charge in [0, 0.05) is 32.4 Å². The quantitative estimate of drug-likeness (QED) is 0.574. The fourth-order valence-corrected chi connectivity index (χ4v) is 3.49. The van der Waals surface area contributed by atoms with Crippen LogP contribution in [0.2, 0.25) is 0 Å². The number of halogens is 3. The maximum Gasteiger partial charge on any atom is 0.417 e. The number of alkyl halides is 3. The summed E-state index contributed by atoms with van der Waals surface area (Å²) in [6.07, 6.45) is -2.91. The molecule has 9 heteroatoms. The van der Waals surface area contributed by atoms with Gasteiger partial charge in [0.05, 0.1) is 5.56 Å². The van der Waals surface area contributed by atoms with Crippen molar-refractivity contribution in [2.24, 2.45) is 0 Å². The highest BCUT2D eigenvalue weighted by Crippen LogP contribution is 2.29. The number of nitrogens with zero attached hydrogens (tertiary/aromatic N) is 3. The summed E-state index contributed by atoms with van der Waals surface area (Å²) in [7, 11) is 0. The Labute approximate surface area is 183 Å². The first-order chi connectivity index (χ1) is 15.4. The van der Waals surface area contributed by atoms with Gasteiger partial charge in [-0.05, 0) is 42.8 Å². The van der Waals surface area contributed by atoms with Crippen LogP contribution >= 0.6 is 0 Å². The number of carbonyl (C=O) groups excluding carboxylic acids is 1. The number of rotatable bonds is 5. The summed E-state index contributed by atoms with van der Waals surface area (Å²) in [6.45, 7) is 2.21. The van der Waals surface area contributed by atoms with Gasteiger partial charge in [0.15, 0.2) is 5.76 Å². The van der Waals surface area contributed by atoms with Crippen molar-refractivity contribution < 1.29 is 27.1 Å². The number of para-hydroxylation sites is 1. The molecule has 0 atom stereocenters. The summed E-state index contributed by atoms with van der Waals surface area (Å²) in [5.41, 5.74) is -0.780. The Hall–Kier alpha value is -3.49. The van der Waals surface area contributed by atoms with Crippen molar-refractivity contribution in [2.45, 2.75) is 19.2 Å². The van der Waals surface area contributed by atoms with E-state index in [1.165, 1.54) is 6.07 Å². The highest BCUT2D eigenvalue weighted by Gasteiger charge is 2.31. The lowest BCUT2D eigenvalue weighted by Crippen LogP contribution is -2.35. The van der Waals surface area contributed by atoms with Gasteiger partial charge < -0.3 is 19.0 Å². The second-order valence-corrected chi connectivity index (χ2v) is 7.40. The number of hydrogen-bond acceptors (Lipinski definition) is 5. The number of ether oxygens (including phenoxy) is 1. The molecule has 0 bridgehead atoms. The molecule has 1 aliphatic rings. The SMILES string of the molecule is O=C(c1ccc(COc2ccccc2)o1)N1CCCN(c2ccc(C(F)(F)F)cn2)CC1. The van der Waals surface area contributed by atoms with Crippen LogP contribution in [-0.4, -0.2) is 42.0 Å². The van der Waals surface area contributed by atoms with Gasteiger partial charge in [0.25, 0.3) is 5.91 Å². The Morgan fingerprint density at radius 3 is 2.53 bits per heavy atom. The third-order valence-electron chi connectivity index (χ3n) is 5.18. The van der Waals surface area contributed by atoms with Gasteiger partial charge in [-0.2, -0.15) is 13.2 Å². The summed E-state index contributed by atoms with van der Waals surface area (Å²) in [5, 5.41) is 0. The fraction of sp³-hybridized carbons (Fsp3) is 0.304. The maximum atomic E-state index is 12.9. The van der Waals surface area contributed by atoms with E-state index < -0.39 is 11.7 Å². The summed E-state index contributed by atoms with van der Waals surface area (Å²) in [6, 6.07) is 15.0. The lowest BCUT2D eigenvalue weighted by Gasteiger charge is -2.22. The van der Waals surface area contributed by atoms with Crippen molar-refractivity contribution >= 4 is 11.7 Å². The molecule has 1 aromatic carbocycles. The molecule has 168 valence electrons. The highest BCUT2D eigenvalue weighted by molar-refractivity contribution is 5.91. The fourth-order valence-electron chi connectivity index (χ4n) is 3.49. The van der Waals surface area contributed by atoms with E-state index in [1.807, 2.05) is 35.2 Å². The predicted octanol–water partition coefficient (Wildman–Crippen LogP) is 4.62. The lowest BCUT2D eigenvalue weighted by atomic mass is 10.2. The molecule has 1 amide bonds. The summed E-state index contributed by atoms with van der Waals surface area (Å²) in [4.78, 5) is 20.4. The van der Waals surface area contributed by atoms with Crippen LogP contribution in [-0.2, 0) is 12.8 Å². The average molecular weight is 445 g/mol. The van der Waals surface area contributed by atoms with Crippen LogP contribution in [0.15, 0.2) is 65.2 Å². The molecular weight excluding hydrogens is 423 g/mol. The van der Waals surface area contributed by atoms with E-state index in [0.29, 0.717) is 49.9 Å². The van der Waals surface area contributed by atoms with E-state index >= 15 is 0 Å². The third kappa shape index (κ3) is 5.22. The predicted molar refractivity (Wildman–Crippen MR) is 111 cm³/mol. The molecule has 4 rings (SSSR count). The molecule has 3 aromatic rings. The zero-order chi connectivity index (χ0) is 22.6. The Kier molecular flexibility index (Phi) is 6.34. The lowest BCUT2D eigenvalue weighted by molar-refractivity contribution is -0.137. The Bertz CT molecular complexity index is 1040. The Morgan fingerprint density at radius 1 is 1.00 bits per heavy atom. The Morgan fingerprint density at radius 2 is 1.81 bits per heavy atom. The van der Waals surface area contributed by atoms with E-state index in [2.05, 4.69) is 4.98 Å². The second-order valence-electron chi connectivity index (χ2n) is 7.40.